The van der Waals surface area contributed by atoms with Crippen molar-refractivity contribution in [1.29, 1.82) is 0 Å². The molecule has 2 nitrogen and oxygen atoms in total. The number of carbonyl (C=O) groups is 1. The lowest BCUT2D eigenvalue weighted by Crippen LogP contribution is -2.29. The number of ketones is 1. The fourth-order valence-electron chi connectivity index (χ4n) is 2.37. The van der Waals surface area contributed by atoms with Gasteiger partial charge in [0.25, 0.3) is 0 Å². The molecule has 0 bridgehead atoms. The predicted molar refractivity (Wildman–Crippen MR) is 70.8 cm³/mol. The Bertz CT molecular complexity index is 420. The van der Waals surface area contributed by atoms with Crippen molar-refractivity contribution >= 4 is 17.4 Å². The van der Waals surface area contributed by atoms with Crippen LogP contribution in [-0.2, 0) is 4.79 Å². The Morgan fingerprint density at radius 2 is 2.17 bits per heavy atom. The minimum absolute atomic E-state index is 0.111. The predicted octanol–water partition coefficient (Wildman–Crippen LogP) is 3.06. The van der Waals surface area contributed by atoms with E-state index in [-0.39, 0.29) is 11.7 Å². The Labute approximate surface area is 112 Å². The molecule has 0 aliphatic carbocycles. The molecule has 1 fully saturated rings. The van der Waals surface area contributed by atoms with E-state index in [2.05, 4.69) is 0 Å². The molecule has 4 heteroatoms. The molecule has 2 atom stereocenters. The molecule has 1 heterocycles. The molecule has 0 N–H and O–H groups in total. The van der Waals surface area contributed by atoms with Gasteiger partial charge in [0.15, 0.2) is 0 Å². The lowest BCUT2D eigenvalue weighted by molar-refractivity contribution is -0.118. The summed E-state index contributed by atoms with van der Waals surface area (Å²) in [6, 6.07) is 7.32. The third kappa shape index (κ3) is 3.30. The molecule has 0 spiro atoms. The van der Waals surface area contributed by atoms with Crippen molar-refractivity contribution < 1.29 is 9.18 Å². The summed E-state index contributed by atoms with van der Waals surface area (Å²) in [5, 5.41) is 0.658. The number of likely N-dealkylation sites (tertiary alicyclic amines) is 1. The molecular weight excluding hydrogens is 253 g/mol. The maximum atomic E-state index is 13.1. The van der Waals surface area contributed by atoms with E-state index in [0.29, 0.717) is 24.5 Å². The molecule has 0 aromatic heterocycles. The highest BCUT2D eigenvalue weighted by atomic mass is 35.5. The van der Waals surface area contributed by atoms with E-state index in [1.54, 1.807) is 19.1 Å². The number of alkyl halides is 1. The number of hydrogen-bond acceptors (Lipinski definition) is 2. The van der Waals surface area contributed by atoms with Crippen LogP contribution in [0.2, 0.25) is 5.02 Å². The molecule has 0 saturated carbocycles. The van der Waals surface area contributed by atoms with Crippen molar-refractivity contribution in [3.63, 3.8) is 0 Å². The molecule has 0 amide bonds. The van der Waals surface area contributed by atoms with Gasteiger partial charge in [-0.25, -0.2) is 4.39 Å². The second-order valence-electron chi connectivity index (χ2n) is 4.86. The number of carbonyl (C=O) groups excluding carboxylic acids is 1. The summed E-state index contributed by atoms with van der Waals surface area (Å²) < 4.78 is 13.1. The SMILES string of the molecule is CC(=O)C(CN1CC[C@H](F)C1)c1ccc(Cl)cc1. The first kappa shape index (κ1) is 13.5. The van der Waals surface area contributed by atoms with Crippen LogP contribution >= 0.6 is 11.6 Å². The fraction of sp³-hybridized carbons (Fsp3) is 0.500. The van der Waals surface area contributed by atoms with Crippen LogP contribution in [0.5, 0.6) is 0 Å². The molecular formula is C14H17ClFNO. The van der Waals surface area contributed by atoms with Gasteiger partial charge < -0.3 is 0 Å². The summed E-state index contributed by atoms with van der Waals surface area (Å²) in [4.78, 5) is 13.8. The van der Waals surface area contributed by atoms with E-state index in [1.165, 1.54) is 0 Å². The molecule has 2 rings (SSSR count). The molecule has 98 valence electrons. The number of hydrogen-bond donors (Lipinski definition) is 0. The Kier molecular flexibility index (Phi) is 4.36. The standard InChI is InChI=1S/C14H17ClFNO/c1-10(18)14(9-17-7-6-13(16)8-17)11-2-4-12(15)5-3-11/h2-5,13-14H,6-9H2,1H3/t13-,14?/m0/s1. The zero-order valence-electron chi connectivity index (χ0n) is 10.4. The highest BCUT2D eigenvalue weighted by Crippen LogP contribution is 2.23. The van der Waals surface area contributed by atoms with Gasteiger partial charge in [0, 0.05) is 24.7 Å². The normalized spacial score (nSPS) is 22.1. The molecule has 0 radical (unpaired) electrons. The number of halogens is 2. The van der Waals surface area contributed by atoms with Gasteiger partial charge in [-0.3, -0.25) is 9.69 Å². The van der Waals surface area contributed by atoms with E-state index >= 15 is 0 Å². The summed E-state index contributed by atoms with van der Waals surface area (Å²) in [7, 11) is 0. The summed E-state index contributed by atoms with van der Waals surface area (Å²) in [5.74, 6) is -0.0767. The highest BCUT2D eigenvalue weighted by molar-refractivity contribution is 6.30. The quantitative estimate of drug-likeness (QED) is 0.837. The van der Waals surface area contributed by atoms with E-state index in [4.69, 9.17) is 11.6 Å². The summed E-state index contributed by atoms with van der Waals surface area (Å²) in [5.41, 5.74) is 0.953. The number of nitrogens with zero attached hydrogens (tertiary/aromatic N) is 1. The van der Waals surface area contributed by atoms with Crippen molar-refractivity contribution in [2.75, 3.05) is 19.6 Å². The summed E-state index contributed by atoms with van der Waals surface area (Å²) in [6.07, 6.45) is -0.173. The first-order valence-electron chi connectivity index (χ1n) is 6.18. The van der Waals surface area contributed by atoms with Crippen molar-refractivity contribution in [2.45, 2.75) is 25.4 Å². The second kappa shape index (κ2) is 5.81. The summed E-state index contributed by atoms with van der Waals surface area (Å²) >= 11 is 5.84. The van der Waals surface area contributed by atoms with Gasteiger partial charge in [-0.2, -0.15) is 0 Å². The molecule has 1 aliphatic heterocycles. The smallest absolute Gasteiger partial charge is 0.138 e. The Morgan fingerprint density at radius 1 is 1.50 bits per heavy atom. The molecule has 18 heavy (non-hydrogen) atoms. The summed E-state index contributed by atoms with van der Waals surface area (Å²) in [6.45, 7) is 3.36. The average Bonchev–Trinajstić information content (AvgIpc) is 2.73. The van der Waals surface area contributed by atoms with Crippen molar-refractivity contribution in [3.05, 3.63) is 34.9 Å². The van der Waals surface area contributed by atoms with Crippen LogP contribution in [0.3, 0.4) is 0 Å². The Balaban J connectivity index is 2.08. The Morgan fingerprint density at radius 3 is 2.67 bits per heavy atom. The van der Waals surface area contributed by atoms with E-state index in [9.17, 15) is 9.18 Å². The zero-order chi connectivity index (χ0) is 13.1. The molecule has 1 aromatic carbocycles. The number of Topliss-reactive ketones (excluding diaryl/α,β-unsaturated/α-hetero) is 1. The first-order valence-corrected chi connectivity index (χ1v) is 6.56. The van der Waals surface area contributed by atoms with Crippen LogP contribution in [0, 0.1) is 0 Å². The van der Waals surface area contributed by atoms with Gasteiger partial charge >= 0.3 is 0 Å². The van der Waals surface area contributed by atoms with Crippen LogP contribution in [-0.4, -0.2) is 36.5 Å². The molecule has 1 saturated heterocycles. The molecule has 1 unspecified atom stereocenters. The monoisotopic (exact) mass is 269 g/mol. The van der Waals surface area contributed by atoms with Crippen LogP contribution in [0.15, 0.2) is 24.3 Å². The van der Waals surface area contributed by atoms with Crippen LogP contribution < -0.4 is 0 Å². The maximum absolute atomic E-state index is 13.1. The fourth-order valence-corrected chi connectivity index (χ4v) is 2.50. The van der Waals surface area contributed by atoms with Crippen molar-refractivity contribution in [3.8, 4) is 0 Å². The number of benzene rings is 1. The van der Waals surface area contributed by atoms with Crippen molar-refractivity contribution in [2.24, 2.45) is 0 Å². The topological polar surface area (TPSA) is 20.3 Å². The third-order valence-electron chi connectivity index (χ3n) is 3.42. The van der Waals surface area contributed by atoms with Crippen LogP contribution in [0.1, 0.15) is 24.8 Å². The number of rotatable bonds is 4. The van der Waals surface area contributed by atoms with E-state index < -0.39 is 6.17 Å². The van der Waals surface area contributed by atoms with Gasteiger partial charge in [-0.15, -0.1) is 0 Å². The van der Waals surface area contributed by atoms with Crippen LogP contribution in [0.25, 0.3) is 0 Å². The van der Waals surface area contributed by atoms with Gasteiger partial charge in [-0.05, 0) is 31.0 Å². The third-order valence-corrected chi connectivity index (χ3v) is 3.67. The second-order valence-corrected chi connectivity index (χ2v) is 5.30. The van der Waals surface area contributed by atoms with Gasteiger partial charge in [0.1, 0.15) is 12.0 Å². The van der Waals surface area contributed by atoms with Gasteiger partial charge in [0.05, 0.1) is 5.92 Å². The minimum atomic E-state index is -0.747. The highest BCUT2D eigenvalue weighted by Gasteiger charge is 2.26. The maximum Gasteiger partial charge on any atom is 0.138 e. The lowest BCUT2D eigenvalue weighted by Gasteiger charge is -2.21. The van der Waals surface area contributed by atoms with Crippen molar-refractivity contribution in [1.82, 2.24) is 4.90 Å². The van der Waals surface area contributed by atoms with E-state index in [1.807, 2.05) is 17.0 Å². The average molecular weight is 270 g/mol. The first-order chi connectivity index (χ1) is 8.56. The lowest BCUT2D eigenvalue weighted by atomic mass is 9.95. The molecule has 1 aliphatic rings. The zero-order valence-corrected chi connectivity index (χ0v) is 11.2. The van der Waals surface area contributed by atoms with E-state index in [0.717, 1.165) is 12.1 Å². The van der Waals surface area contributed by atoms with Crippen LogP contribution in [0.4, 0.5) is 4.39 Å². The minimum Gasteiger partial charge on any atom is -0.299 e. The Hall–Kier alpha value is -0.930. The van der Waals surface area contributed by atoms with Gasteiger partial charge in [-0.1, -0.05) is 23.7 Å². The largest absolute Gasteiger partial charge is 0.299 e. The van der Waals surface area contributed by atoms with Gasteiger partial charge in [0.2, 0.25) is 0 Å². The molecule has 1 aromatic rings.